The molecule has 2 N–H and O–H groups in total. The zero-order valence-electron chi connectivity index (χ0n) is 17.7. The highest BCUT2D eigenvalue weighted by Gasteiger charge is 2.55. The second-order valence-electron chi connectivity index (χ2n) is 7.74. The van der Waals surface area contributed by atoms with Gasteiger partial charge in [0.15, 0.2) is 5.60 Å². The number of anilines is 1. The van der Waals surface area contributed by atoms with Gasteiger partial charge in [-0.25, -0.2) is 21.6 Å². The fourth-order valence-electron chi connectivity index (χ4n) is 2.90. The Morgan fingerprint density at radius 2 is 1.50 bits per heavy atom. The van der Waals surface area contributed by atoms with Gasteiger partial charge < -0.3 is 5.11 Å². The summed E-state index contributed by atoms with van der Waals surface area (Å²) in [7, 11) is -8.01. The molecule has 2 aromatic rings. The molecule has 178 valence electrons. The molecular formula is C20H25F3N2O5S2. The summed E-state index contributed by atoms with van der Waals surface area (Å²) in [6.45, 7) is 2.32. The number of benzene rings is 2. The Bertz CT molecular complexity index is 1120. The molecule has 0 aliphatic heterocycles. The number of aliphatic hydroxyl groups is 1. The molecule has 1 atom stereocenters. The maximum Gasteiger partial charge on any atom is 0.422 e. The van der Waals surface area contributed by atoms with Crippen LogP contribution in [0.15, 0.2) is 59.5 Å². The molecule has 0 fully saturated rings. The molecular weight excluding hydrogens is 469 g/mol. The summed E-state index contributed by atoms with van der Waals surface area (Å²) in [5.74, 6) is -0.0979. The summed E-state index contributed by atoms with van der Waals surface area (Å²) < 4.78 is 92.4. The van der Waals surface area contributed by atoms with Crippen molar-refractivity contribution in [3.8, 4) is 0 Å². The summed E-state index contributed by atoms with van der Waals surface area (Å²) in [5.41, 5.74) is -4.03. The molecule has 0 saturated carbocycles. The molecule has 32 heavy (non-hydrogen) atoms. The van der Waals surface area contributed by atoms with Crippen LogP contribution in [-0.2, 0) is 25.6 Å². The van der Waals surface area contributed by atoms with Crippen molar-refractivity contribution >= 4 is 25.7 Å². The Hall–Kier alpha value is -2.15. The second kappa shape index (κ2) is 9.38. The number of halogens is 3. The lowest BCUT2D eigenvalue weighted by atomic mass is 9.93. The van der Waals surface area contributed by atoms with Crippen molar-refractivity contribution in [1.82, 2.24) is 4.72 Å². The van der Waals surface area contributed by atoms with E-state index in [-0.39, 0.29) is 23.0 Å². The average Bonchev–Trinajstić information content (AvgIpc) is 2.69. The number of rotatable bonds is 9. The van der Waals surface area contributed by atoms with Crippen LogP contribution in [0.25, 0.3) is 0 Å². The Balaban J connectivity index is 2.50. The number of nitrogens with zero attached hydrogens (tertiary/aromatic N) is 1. The Kier molecular flexibility index (Phi) is 7.65. The maximum absolute atomic E-state index is 13.6. The van der Waals surface area contributed by atoms with Crippen molar-refractivity contribution in [2.45, 2.75) is 30.5 Å². The highest BCUT2D eigenvalue weighted by atomic mass is 32.2. The van der Waals surface area contributed by atoms with E-state index < -0.39 is 43.9 Å². The highest BCUT2D eigenvalue weighted by Crippen LogP contribution is 2.39. The molecule has 12 heteroatoms. The monoisotopic (exact) mass is 494 g/mol. The van der Waals surface area contributed by atoms with Crippen LogP contribution >= 0.6 is 0 Å². The van der Waals surface area contributed by atoms with Gasteiger partial charge in [0.1, 0.15) is 0 Å². The standard InChI is InChI=1S/C20H25F3N2O5S2/c1-15(2)13-25(32(29,30)18-7-5-4-6-8-18)17-11-9-16(10-12-17)19(26,20(21,22)23)14-24-31(3,27)28/h4-12,15,24,26H,13-14H2,1-3H3. The first-order valence-corrected chi connectivity index (χ1v) is 12.8. The molecule has 0 radical (unpaired) electrons. The van der Waals surface area contributed by atoms with E-state index in [4.69, 9.17) is 0 Å². The van der Waals surface area contributed by atoms with E-state index in [2.05, 4.69) is 0 Å². The smallest absolute Gasteiger partial charge is 0.375 e. The number of hydrogen-bond acceptors (Lipinski definition) is 5. The van der Waals surface area contributed by atoms with E-state index in [1.807, 2.05) is 0 Å². The Morgan fingerprint density at radius 1 is 0.969 bits per heavy atom. The minimum Gasteiger partial charge on any atom is -0.375 e. The Morgan fingerprint density at radius 3 is 1.94 bits per heavy atom. The zero-order chi connectivity index (χ0) is 24.4. The number of sulfonamides is 2. The molecule has 0 aliphatic rings. The maximum atomic E-state index is 13.6. The minimum absolute atomic E-state index is 0.0221. The first-order chi connectivity index (χ1) is 14.6. The lowest BCUT2D eigenvalue weighted by Gasteiger charge is -2.32. The van der Waals surface area contributed by atoms with Crippen LogP contribution in [0.2, 0.25) is 0 Å². The van der Waals surface area contributed by atoms with Crippen molar-refractivity contribution in [2.24, 2.45) is 5.92 Å². The fraction of sp³-hybridized carbons (Fsp3) is 0.400. The molecule has 0 aromatic heterocycles. The SMILES string of the molecule is CC(C)CN(c1ccc(C(O)(CNS(C)(=O)=O)C(F)(F)F)cc1)S(=O)(=O)c1ccccc1. The molecule has 0 spiro atoms. The lowest BCUT2D eigenvalue weighted by Crippen LogP contribution is -2.50. The van der Waals surface area contributed by atoms with Crippen LogP contribution in [0.5, 0.6) is 0 Å². The topological polar surface area (TPSA) is 104 Å². The third-order valence-electron chi connectivity index (χ3n) is 4.55. The van der Waals surface area contributed by atoms with Crippen LogP contribution in [-0.4, -0.2) is 47.5 Å². The molecule has 1 unspecified atom stereocenters. The van der Waals surface area contributed by atoms with Gasteiger partial charge in [0.2, 0.25) is 10.0 Å². The number of nitrogens with one attached hydrogen (secondary N) is 1. The first-order valence-electron chi connectivity index (χ1n) is 9.50. The summed E-state index contributed by atoms with van der Waals surface area (Å²) in [6.07, 6.45) is -4.52. The average molecular weight is 495 g/mol. The van der Waals surface area contributed by atoms with Crippen molar-refractivity contribution in [2.75, 3.05) is 23.7 Å². The van der Waals surface area contributed by atoms with E-state index in [1.54, 1.807) is 36.8 Å². The van der Waals surface area contributed by atoms with Gasteiger partial charge in [-0.1, -0.05) is 44.2 Å². The third-order valence-corrected chi connectivity index (χ3v) is 7.03. The van der Waals surface area contributed by atoms with Gasteiger partial charge in [0.05, 0.1) is 23.4 Å². The largest absolute Gasteiger partial charge is 0.422 e. The summed E-state index contributed by atoms with van der Waals surface area (Å²) in [4.78, 5) is 0.0221. The van der Waals surface area contributed by atoms with Crippen LogP contribution in [0, 0.1) is 5.92 Å². The van der Waals surface area contributed by atoms with Gasteiger partial charge in [0, 0.05) is 6.54 Å². The van der Waals surface area contributed by atoms with Gasteiger partial charge >= 0.3 is 6.18 Å². The zero-order valence-corrected chi connectivity index (χ0v) is 19.3. The van der Waals surface area contributed by atoms with Gasteiger partial charge in [0.25, 0.3) is 10.0 Å². The molecule has 0 amide bonds. The van der Waals surface area contributed by atoms with Crippen LogP contribution in [0.3, 0.4) is 0 Å². The van der Waals surface area contributed by atoms with Crippen LogP contribution in [0.1, 0.15) is 19.4 Å². The van der Waals surface area contributed by atoms with Gasteiger partial charge in [-0.15, -0.1) is 0 Å². The third kappa shape index (κ3) is 6.00. The van der Waals surface area contributed by atoms with E-state index in [9.17, 15) is 35.1 Å². The minimum atomic E-state index is -5.19. The summed E-state index contributed by atoms with van der Waals surface area (Å²) >= 11 is 0. The molecule has 0 aliphatic carbocycles. The molecule has 0 saturated heterocycles. The van der Waals surface area contributed by atoms with Crippen molar-refractivity contribution < 1.29 is 35.1 Å². The fourth-order valence-corrected chi connectivity index (χ4v) is 5.02. The predicted molar refractivity (Wildman–Crippen MR) is 115 cm³/mol. The van der Waals surface area contributed by atoms with Crippen LogP contribution < -0.4 is 9.03 Å². The van der Waals surface area contributed by atoms with Gasteiger partial charge in [-0.05, 0) is 35.7 Å². The van der Waals surface area contributed by atoms with Gasteiger partial charge in [-0.3, -0.25) is 4.31 Å². The number of alkyl halides is 3. The van der Waals surface area contributed by atoms with E-state index in [0.717, 1.165) is 28.6 Å². The van der Waals surface area contributed by atoms with Crippen molar-refractivity contribution in [3.05, 3.63) is 60.2 Å². The second-order valence-corrected chi connectivity index (χ2v) is 11.4. The first kappa shape index (κ1) is 26.1. The number of hydrogen-bond donors (Lipinski definition) is 2. The summed E-state index contributed by atoms with van der Waals surface area (Å²) in [6, 6.07) is 11.8. The lowest BCUT2D eigenvalue weighted by molar-refractivity contribution is -0.263. The molecule has 0 bridgehead atoms. The Labute approximate surface area is 186 Å². The summed E-state index contributed by atoms with van der Waals surface area (Å²) in [5, 5.41) is 10.3. The van der Waals surface area contributed by atoms with E-state index in [0.29, 0.717) is 6.26 Å². The van der Waals surface area contributed by atoms with E-state index >= 15 is 0 Å². The normalized spacial score (nSPS) is 14.9. The van der Waals surface area contributed by atoms with E-state index in [1.165, 1.54) is 12.1 Å². The molecule has 2 rings (SSSR count). The van der Waals surface area contributed by atoms with Gasteiger partial charge in [-0.2, -0.15) is 13.2 Å². The highest BCUT2D eigenvalue weighted by molar-refractivity contribution is 7.92. The van der Waals surface area contributed by atoms with Crippen molar-refractivity contribution in [3.63, 3.8) is 0 Å². The predicted octanol–water partition coefficient (Wildman–Crippen LogP) is 2.84. The molecule has 2 aromatic carbocycles. The van der Waals surface area contributed by atoms with Crippen molar-refractivity contribution in [1.29, 1.82) is 0 Å². The van der Waals surface area contributed by atoms with Crippen LogP contribution in [0.4, 0.5) is 18.9 Å². The molecule has 7 nitrogen and oxygen atoms in total. The quantitative estimate of drug-likeness (QED) is 0.558. The molecule has 0 heterocycles.